The molecule has 1 aromatic heterocycles. The topological polar surface area (TPSA) is 34.9 Å². The average molecular weight is 365 g/mol. The Balaban J connectivity index is 1.90. The van der Waals surface area contributed by atoms with Crippen molar-refractivity contribution in [2.75, 3.05) is 0 Å². The minimum Gasteiger partial charge on any atom is -0.267 e. The fraction of sp³-hybridized carbons (Fsp3) is 0.0476. The zero-order valence-corrected chi connectivity index (χ0v) is 14.4. The average Bonchev–Trinajstić information content (AvgIpc) is 2.67. The van der Waals surface area contributed by atoms with E-state index in [2.05, 4.69) is 5.10 Å². The highest BCUT2D eigenvalue weighted by atomic mass is 35.5. The first kappa shape index (κ1) is 16.5. The van der Waals surface area contributed by atoms with Crippen LogP contribution in [0.15, 0.2) is 77.6 Å². The monoisotopic (exact) mass is 364 g/mol. The molecule has 0 aliphatic heterocycles. The van der Waals surface area contributed by atoms with Gasteiger partial charge < -0.3 is 0 Å². The molecule has 0 saturated heterocycles. The number of halogens is 2. The lowest BCUT2D eigenvalue weighted by Gasteiger charge is -2.11. The number of benzene rings is 3. The van der Waals surface area contributed by atoms with Gasteiger partial charge in [0.05, 0.1) is 17.6 Å². The summed E-state index contributed by atoms with van der Waals surface area (Å²) in [4.78, 5) is 12.9. The van der Waals surface area contributed by atoms with E-state index in [9.17, 15) is 9.18 Å². The Kier molecular flexibility index (Phi) is 4.27. The highest BCUT2D eigenvalue weighted by Gasteiger charge is 2.12. The van der Waals surface area contributed by atoms with Crippen LogP contribution in [0.1, 0.15) is 5.56 Å². The standard InChI is InChI=1S/C21H14ClFN2O/c22-16-9-5-14(6-10-16)13-25-21(26)19-4-2-1-3-18(19)20(24-25)15-7-11-17(23)12-8-15/h1-12H,13H2. The third kappa shape index (κ3) is 3.11. The van der Waals surface area contributed by atoms with Crippen LogP contribution in [0.4, 0.5) is 4.39 Å². The van der Waals surface area contributed by atoms with Crippen LogP contribution >= 0.6 is 11.6 Å². The van der Waals surface area contributed by atoms with Crippen molar-refractivity contribution in [3.05, 3.63) is 99.6 Å². The van der Waals surface area contributed by atoms with Crippen LogP contribution in [0.5, 0.6) is 0 Å². The smallest absolute Gasteiger partial charge is 0.267 e. The third-order valence-corrected chi connectivity index (χ3v) is 4.48. The highest BCUT2D eigenvalue weighted by molar-refractivity contribution is 6.30. The summed E-state index contributed by atoms with van der Waals surface area (Å²) in [6, 6.07) is 20.7. The summed E-state index contributed by atoms with van der Waals surface area (Å²) in [5.74, 6) is -0.312. The summed E-state index contributed by atoms with van der Waals surface area (Å²) in [7, 11) is 0. The van der Waals surface area contributed by atoms with Crippen LogP contribution < -0.4 is 5.56 Å². The summed E-state index contributed by atoms with van der Waals surface area (Å²) in [5, 5.41) is 6.53. The fourth-order valence-electron chi connectivity index (χ4n) is 2.93. The lowest BCUT2D eigenvalue weighted by atomic mass is 10.0. The Morgan fingerprint density at radius 1 is 0.885 bits per heavy atom. The number of fused-ring (bicyclic) bond motifs is 1. The largest absolute Gasteiger partial charge is 0.274 e. The van der Waals surface area contributed by atoms with Crippen molar-refractivity contribution >= 4 is 22.4 Å². The molecule has 3 aromatic carbocycles. The summed E-state index contributed by atoms with van der Waals surface area (Å²) in [5.41, 5.74) is 2.16. The van der Waals surface area contributed by atoms with Gasteiger partial charge >= 0.3 is 0 Å². The maximum absolute atomic E-state index is 13.3. The molecular weight excluding hydrogens is 351 g/mol. The molecule has 0 aliphatic rings. The second-order valence-corrected chi connectivity index (χ2v) is 6.43. The summed E-state index contributed by atoms with van der Waals surface area (Å²) in [6.07, 6.45) is 0. The first-order valence-corrected chi connectivity index (χ1v) is 8.50. The Morgan fingerprint density at radius 3 is 2.23 bits per heavy atom. The molecule has 0 amide bonds. The highest BCUT2D eigenvalue weighted by Crippen LogP contribution is 2.25. The molecule has 0 spiro atoms. The van der Waals surface area contributed by atoms with Gasteiger partial charge in [-0.15, -0.1) is 0 Å². The van der Waals surface area contributed by atoms with E-state index in [1.807, 2.05) is 30.3 Å². The molecule has 4 rings (SSSR count). The summed E-state index contributed by atoms with van der Waals surface area (Å²) < 4.78 is 14.7. The van der Waals surface area contributed by atoms with E-state index < -0.39 is 0 Å². The van der Waals surface area contributed by atoms with Crippen LogP contribution in [0.2, 0.25) is 5.02 Å². The fourth-order valence-corrected chi connectivity index (χ4v) is 3.05. The van der Waals surface area contributed by atoms with Gasteiger partial charge in [0.1, 0.15) is 5.82 Å². The first-order chi connectivity index (χ1) is 12.6. The third-order valence-electron chi connectivity index (χ3n) is 4.23. The van der Waals surface area contributed by atoms with Gasteiger partial charge in [0, 0.05) is 16.0 Å². The van der Waals surface area contributed by atoms with Crippen LogP contribution in [-0.4, -0.2) is 9.78 Å². The molecule has 1 heterocycles. The van der Waals surface area contributed by atoms with Crippen molar-refractivity contribution < 1.29 is 4.39 Å². The maximum Gasteiger partial charge on any atom is 0.274 e. The van der Waals surface area contributed by atoms with Gasteiger partial charge in [-0.1, -0.05) is 41.9 Å². The zero-order chi connectivity index (χ0) is 18.1. The van der Waals surface area contributed by atoms with Crippen LogP contribution in [0, 0.1) is 5.82 Å². The molecule has 3 nitrogen and oxygen atoms in total. The van der Waals surface area contributed by atoms with Crippen LogP contribution in [0.3, 0.4) is 0 Å². The van der Waals surface area contributed by atoms with Gasteiger partial charge in [-0.2, -0.15) is 5.10 Å². The van der Waals surface area contributed by atoms with Crippen molar-refractivity contribution in [3.63, 3.8) is 0 Å². The van der Waals surface area contributed by atoms with E-state index in [-0.39, 0.29) is 11.4 Å². The van der Waals surface area contributed by atoms with Crippen molar-refractivity contribution in [1.82, 2.24) is 9.78 Å². The van der Waals surface area contributed by atoms with E-state index in [0.29, 0.717) is 22.6 Å². The normalized spacial score (nSPS) is 11.0. The summed E-state index contributed by atoms with van der Waals surface area (Å²) >= 11 is 5.93. The van der Waals surface area contributed by atoms with Gasteiger partial charge in [-0.05, 0) is 48.0 Å². The SMILES string of the molecule is O=c1c2ccccc2c(-c2ccc(F)cc2)nn1Cc1ccc(Cl)cc1. The van der Waals surface area contributed by atoms with Gasteiger partial charge in [0.15, 0.2) is 0 Å². The number of nitrogens with zero attached hydrogens (tertiary/aromatic N) is 2. The Labute approximate surface area is 154 Å². The molecule has 0 atom stereocenters. The van der Waals surface area contributed by atoms with Gasteiger partial charge in [-0.25, -0.2) is 9.07 Å². The molecule has 0 saturated carbocycles. The number of aromatic nitrogens is 2. The number of hydrogen-bond acceptors (Lipinski definition) is 2. The molecule has 0 fully saturated rings. The van der Waals surface area contributed by atoms with Gasteiger partial charge in [0.2, 0.25) is 0 Å². The predicted molar refractivity (Wildman–Crippen MR) is 102 cm³/mol. The molecule has 0 radical (unpaired) electrons. The lowest BCUT2D eigenvalue weighted by molar-refractivity contribution is 0.627. The second-order valence-electron chi connectivity index (χ2n) is 5.99. The van der Waals surface area contributed by atoms with E-state index >= 15 is 0 Å². The molecular formula is C21H14ClFN2O. The quantitative estimate of drug-likeness (QED) is 0.518. The molecule has 0 unspecified atom stereocenters. The van der Waals surface area contributed by atoms with E-state index in [0.717, 1.165) is 16.5 Å². The van der Waals surface area contributed by atoms with Gasteiger partial charge in [0.25, 0.3) is 5.56 Å². The van der Waals surface area contributed by atoms with Crippen molar-refractivity contribution in [1.29, 1.82) is 0 Å². The second kappa shape index (κ2) is 6.73. The summed E-state index contributed by atoms with van der Waals surface area (Å²) in [6.45, 7) is 0.328. The molecule has 4 aromatic rings. The molecule has 128 valence electrons. The van der Waals surface area contributed by atoms with E-state index in [4.69, 9.17) is 11.6 Å². The Morgan fingerprint density at radius 2 is 1.54 bits per heavy atom. The Hall–Kier alpha value is -2.98. The molecule has 26 heavy (non-hydrogen) atoms. The van der Waals surface area contributed by atoms with Gasteiger partial charge in [-0.3, -0.25) is 4.79 Å². The molecule has 0 aliphatic carbocycles. The molecule has 0 bridgehead atoms. The number of rotatable bonds is 3. The van der Waals surface area contributed by atoms with Crippen LogP contribution in [-0.2, 0) is 6.54 Å². The minimum absolute atomic E-state index is 0.165. The molecule has 5 heteroatoms. The lowest BCUT2D eigenvalue weighted by Crippen LogP contribution is -2.24. The maximum atomic E-state index is 13.3. The van der Waals surface area contributed by atoms with E-state index in [1.54, 1.807) is 30.3 Å². The van der Waals surface area contributed by atoms with E-state index in [1.165, 1.54) is 16.8 Å². The van der Waals surface area contributed by atoms with Crippen LogP contribution in [0.25, 0.3) is 22.0 Å². The predicted octanol–water partition coefficient (Wildman–Crippen LogP) is 4.90. The van der Waals surface area contributed by atoms with Crippen molar-refractivity contribution in [3.8, 4) is 11.3 Å². The minimum atomic E-state index is -0.312. The Bertz CT molecular complexity index is 1140. The number of hydrogen-bond donors (Lipinski definition) is 0. The first-order valence-electron chi connectivity index (χ1n) is 8.12. The molecule has 0 N–H and O–H groups in total. The van der Waals surface area contributed by atoms with Crippen molar-refractivity contribution in [2.45, 2.75) is 6.54 Å². The van der Waals surface area contributed by atoms with Crippen molar-refractivity contribution in [2.24, 2.45) is 0 Å². The zero-order valence-electron chi connectivity index (χ0n) is 13.7.